The number of non-ortho nitro benzene ring substituents is 1. The predicted molar refractivity (Wildman–Crippen MR) is 105 cm³/mol. The van der Waals surface area contributed by atoms with Crippen LogP contribution < -0.4 is 5.32 Å². The van der Waals surface area contributed by atoms with E-state index in [2.05, 4.69) is 24.4 Å². The first-order valence-electron chi connectivity index (χ1n) is 8.37. The molecule has 0 aliphatic rings. The SMILES string of the molecule is C[C@H](NCc1ccccc1-c1cc([N+](=O)[O-])ccc1Cl)c1ccccc1. The van der Waals surface area contributed by atoms with E-state index in [9.17, 15) is 10.1 Å². The fraction of sp³-hybridized carbons (Fsp3) is 0.143. The van der Waals surface area contributed by atoms with Crippen LogP contribution in [0, 0.1) is 10.1 Å². The standard InChI is InChI=1S/C21H19ClN2O2/c1-15(16-7-3-2-4-8-16)23-14-17-9-5-6-10-19(17)20-13-18(24(25)26)11-12-21(20)22/h2-13,15,23H,14H2,1H3/t15-/m0/s1. The lowest BCUT2D eigenvalue weighted by molar-refractivity contribution is -0.384. The second-order valence-electron chi connectivity index (χ2n) is 6.09. The summed E-state index contributed by atoms with van der Waals surface area (Å²) in [5.41, 5.74) is 3.85. The molecular weight excluding hydrogens is 348 g/mol. The average molecular weight is 367 g/mol. The highest BCUT2D eigenvalue weighted by Gasteiger charge is 2.14. The van der Waals surface area contributed by atoms with Crippen molar-refractivity contribution in [2.75, 3.05) is 0 Å². The summed E-state index contributed by atoms with van der Waals surface area (Å²) in [5, 5.41) is 15.1. The Morgan fingerprint density at radius 3 is 2.42 bits per heavy atom. The number of nitro benzene ring substituents is 1. The third-order valence-corrected chi connectivity index (χ3v) is 4.70. The molecule has 1 atom stereocenters. The molecule has 3 aromatic rings. The van der Waals surface area contributed by atoms with Gasteiger partial charge in [-0.05, 0) is 29.7 Å². The number of benzene rings is 3. The molecular formula is C21H19ClN2O2. The molecule has 0 fully saturated rings. The highest BCUT2D eigenvalue weighted by molar-refractivity contribution is 6.33. The molecule has 5 heteroatoms. The van der Waals surface area contributed by atoms with Crippen LogP contribution in [0.1, 0.15) is 24.1 Å². The molecule has 0 radical (unpaired) electrons. The maximum absolute atomic E-state index is 11.1. The Morgan fingerprint density at radius 2 is 1.69 bits per heavy atom. The molecule has 3 rings (SSSR count). The minimum absolute atomic E-state index is 0.0322. The van der Waals surface area contributed by atoms with Gasteiger partial charge in [-0.3, -0.25) is 10.1 Å². The van der Waals surface area contributed by atoms with E-state index in [1.165, 1.54) is 17.7 Å². The molecule has 26 heavy (non-hydrogen) atoms. The normalized spacial score (nSPS) is 11.9. The van der Waals surface area contributed by atoms with Gasteiger partial charge in [-0.15, -0.1) is 0 Å². The van der Waals surface area contributed by atoms with Crippen LogP contribution in [0.5, 0.6) is 0 Å². The van der Waals surface area contributed by atoms with Crippen LogP contribution in [0.3, 0.4) is 0 Å². The summed E-state index contributed by atoms with van der Waals surface area (Å²) in [5.74, 6) is 0. The van der Waals surface area contributed by atoms with E-state index in [4.69, 9.17) is 11.6 Å². The molecule has 1 N–H and O–H groups in total. The van der Waals surface area contributed by atoms with Gasteiger partial charge in [0.2, 0.25) is 0 Å². The van der Waals surface area contributed by atoms with Crippen molar-refractivity contribution in [1.82, 2.24) is 5.32 Å². The monoisotopic (exact) mass is 366 g/mol. The summed E-state index contributed by atoms with van der Waals surface area (Å²) in [4.78, 5) is 10.7. The Morgan fingerprint density at radius 1 is 1.00 bits per heavy atom. The van der Waals surface area contributed by atoms with Crippen LogP contribution in [-0.2, 0) is 6.54 Å². The third-order valence-electron chi connectivity index (χ3n) is 4.37. The van der Waals surface area contributed by atoms with Gasteiger partial charge in [-0.25, -0.2) is 0 Å². The van der Waals surface area contributed by atoms with E-state index >= 15 is 0 Å². The van der Waals surface area contributed by atoms with Crippen molar-refractivity contribution in [1.29, 1.82) is 0 Å². The molecule has 0 saturated carbocycles. The molecule has 0 amide bonds. The van der Waals surface area contributed by atoms with Crippen molar-refractivity contribution in [3.63, 3.8) is 0 Å². The third kappa shape index (κ3) is 4.10. The van der Waals surface area contributed by atoms with Crippen LogP contribution in [-0.4, -0.2) is 4.92 Å². The van der Waals surface area contributed by atoms with Crippen molar-refractivity contribution < 1.29 is 4.92 Å². The zero-order valence-corrected chi connectivity index (χ0v) is 15.1. The molecule has 0 bridgehead atoms. The van der Waals surface area contributed by atoms with Crippen LogP contribution in [0.25, 0.3) is 11.1 Å². The number of nitrogens with zero attached hydrogens (tertiary/aromatic N) is 1. The topological polar surface area (TPSA) is 55.2 Å². The van der Waals surface area contributed by atoms with Crippen molar-refractivity contribution in [2.45, 2.75) is 19.5 Å². The Kier molecular flexibility index (Phi) is 5.66. The first-order valence-corrected chi connectivity index (χ1v) is 8.74. The minimum Gasteiger partial charge on any atom is -0.306 e. The molecule has 0 aliphatic heterocycles. The van der Waals surface area contributed by atoms with Gasteiger partial charge in [0.25, 0.3) is 5.69 Å². The van der Waals surface area contributed by atoms with Crippen LogP contribution in [0.4, 0.5) is 5.69 Å². The molecule has 0 heterocycles. The average Bonchev–Trinajstić information content (AvgIpc) is 2.67. The van der Waals surface area contributed by atoms with Crippen molar-refractivity contribution in [2.24, 2.45) is 0 Å². The summed E-state index contributed by atoms with van der Waals surface area (Å²) < 4.78 is 0. The highest BCUT2D eigenvalue weighted by Crippen LogP contribution is 2.33. The number of halogens is 1. The van der Waals surface area contributed by atoms with Crippen molar-refractivity contribution in [3.05, 3.63) is 99.1 Å². The molecule has 0 aliphatic carbocycles. The van der Waals surface area contributed by atoms with Gasteiger partial charge in [0.15, 0.2) is 0 Å². The largest absolute Gasteiger partial charge is 0.306 e. The molecule has 0 unspecified atom stereocenters. The van der Waals surface area contributed by atoms with E-state index in [-0.39, 0.29) is 11.7 Å². The molecule has 4 nitrogen and oxygen atoms in total. The number of nitro groups is 1. The van der Waals surface area contributed by atoms with E-state index < -0.39 is 4.92 Å². The van der Waals surface area contributed by atoms with E-state index in [0.717, 1.165) is 11.1 Å². The summed E-state index contributed by atoms with van der Waals surface area (Å²) in [6.07, 6.45) is 0. The summed E-state index contributed by atoms with van der Waals surface area (Å²) in [7, 11) is 0. The molecule has 132 valence electrons. The van der Waals surface area contributed by atoms with Crippen molar-refractivity contribution >= 4 is 17.3 Å². The number of hydrogen-bond donors (Lipinski definition) is 1. The van der Waals surface area contributed by atoms with Gasteiger partial charge in [-0.1, -0.05) is 66.2 Å². The van der Waals surface area contributed by atoms with Crippen molar-refractivity contribution in [3.8, 4) is 11.1 Å². The lowest BCUT2D eigenvalue weighted by Gasteiger charge is -2.17. The van der Waals surface area contributed by atoms with Gasteiger partial charge >= 0.3 is 0 Å². The van der Waals surface area contributed by atoms with Crippen LogP contribution in [0.15, 0.2) is 72.8 Å². The zero-order chi connectivity index (χ0) is 18.5. The number of nitrogens with one attached hydrogen (secondary N) is 1. The van der Waals surface area contributed by atoms with Gasteiger partial charge in [-0.2, -0.15) is 0 Å². The Balaban J connectivity index is 1.87. The zero-order valence-electron chi connectivity index (χ0n) is 14.4. The van der Waals surface area contributed by atoms with E-state index in [1.54, 1.807) is 6.07 Å². The first-order chi connectivity index (χ1) is 12.6. The van der Waals surface area contributed by atoms with Gasteiger partial charge in [0, 0.05) is 35.3 Å². The fourth-order valence-electron chi connectivity index (χ4n) is 2.89. The second-order valence-corrected chi connectivity index (χ2v) is 6.50. The fourth-order valence-corrected chi connectivity index (χ4v) is 3.11. The minimum atomic E-state index is -0.405. The maximum Gasteiger partial charge on any atom is 0.270 e. The molecule has 3 aromatic carbocycles. The molecule has 0 aromatic heterocycles. The smallest absolute Gasteiger partial charge is 0.270 e. The lowest BCUT2D eigenvalue weighted by atomic mass is 9.98. The van der Waals surface area contributed by atoms with Gasteiger partial charge in [0.1, 0.15) is 0 Å². The van der Waals surface area contributed by atoms with Crippen LogP contribution in [0.2, 0.25) is 5.02 Å². The Hall–Kier alpha value is -2.69. The number of hydrogen-bond acceptors (Lipinski definition) is 3. The van der Waals surface area contributed by atoms with E-state index in [0.29, 0.717) is 17.1 Å². The quantitative estimate of drug-likeness (QED) is 0.445. The maximum atomic E-state index is 11.1. The summed E-state index contributed by atoms with van der Waals surface area (Å²) >= 11 is 6.32. The summed E-state index contributed by atoms with van der Waals surface area (Å²) in [6, 6.07) is 22.7. The second kappa shape index (κ2) is 8.13. The lowest BCUT2D eigenvalue weighted by Crippen LogP contribution is -2.18. The Labute approximate surface area is 157 Å². The molecule has 0 saturated heterocycles. The summed E-state index contributed by atoms with van der Waals surface area (Å²) in [6.45, 7) is 2.74. The van der Waals surface area contributed by atoms with Crippen LogP contribution >= 0.6 is 11.6 Å². The number of rotatable bonds is 6. The van der Waals surface area contributed by atoms with Gasteiger partial charge in [0.05, 0.1) is 4.92 Å². The Bertz CT molecular complexity index is 913. The molecule has 0 spiro atoms. The van der Waals surface area contributed by atoms with E-state index in [1.807, 2.05) is 42.5 Å². The highest BCUT2D eigenvalue weighted by atomic mass is 35.5. The van der Waals surface area contributed by atoms with Gasteiger partial charge < -0.3 is 5.32 Å². The first kappa shape index (κ1) is 18.1. The predicted octanol–water partition coefficient (Wildman–Crippen LogP) is 5.77.